The van der Waals surface area contributed by atoms with Gasteiger partial charge in [-0.25, -0.2) is 13.2 Å². The predicted octanol–water partition coefficient (Wildman–Crippen LogP) is 3.47. The second-order valence-corrected chi connectivity index (χ2v) is 3.87. The van der Waals surface area contributed by atoms with E-state index in [0.717, 1.165) is 0 Å². The quantitative estimate of drug-likeness (QED) is 0.785. The monoisotopic (exact) mass is 240 g/mol. The van der Waals surface area contributed by atoms with Gasteiger partial charge in [0, 0.05) is 18.8 Å². The van der Waals surface area contributed by atoms with Gasteiger partial charge in [0.2, 0.25) is 0 Å². The van der Waals surface area contributed by atoms with Crippen LogP contribution in [0.4, 0.5) is 13.2 Å². The molecule has 17 heavy (non-hydrogen) atoms. The van der Waals surface area contributed by atoms with Crippen LogP contribution in [0, 0.1) is 12.7 Å². The normalized spacial score (nSPS) is 11.2. The summed E-state index contributed by atoms with van der Waals surface area (Å²) in [6.45, 7) is 1.67. The zero-order valence-electron chi connectivity index (χ0n) is 9.42. The molecule has 1 heterocycles. The number of aryl methyl sites for hydroxylation is 2. The van der Waals surface area contributed by atoms with Crippen molar-refractivity contribution in [3.63, 3.8) is 0 Å². The largest absolute Gasteiger partial charge is 0.275 e. The summed E-state index contributed by atoms with van der Waals surface area (Å²) in [7, 11) is 1.58. The molecule has 2 rings (SSSR count). The number of nitrogens with zero attached hydrogens (tertiary/aromatic N) is 2. The molecule has 0 amide bonds. The molecule has 90 valence electrons. The fourth-order valence-electron chi connectivity index (χ4n) is 1.77. The average molecular weight is 240 g/mol. The minimum Gasteiger partial charge on any atom is -0.275 e. The first-order valence-corrected chi connectivity index (χ1v) is 5.07. The van der Waals surface area contributed by atoms with E-state index in [-0.39, 0.29) is 17.1 Å². The molecule has 0 aliphatic heterocycles. The van der Waals surface area contributed by atoms with Gasteiger partial charge in [-0.3, -0.25) is 4.68 Å². The molecule has 0 radical (unpaired) electrons. The molecule has 0 N–H and O–H groups in total. The third-order valence-electron chi connectivity index (χ3n) is 2.54. The fraction of sp³-hybridized carbons (Fsp3) is 0.250. The van der Waals surface area contributed by atoms with Gasteiger partial charge in [0.1, 0.15) is 11.5 Å². The highest BCUT2D eigenvalue weighted by atomic mass is 19.3. The lowest BCUT2D eigenvalue weighted by molar-refractivity contribution is 0.152. The Morgan fingerprint density at radius 3 is 2.59 bits per heavy atom. The van der Waals surface area contributed by atoms with Crippen LogP contribution in [0.25, 0.3) is 11.3 Å². The number of benzene rings is 1. The minimum atomic E-state index is -2.59. The van der Waals surface area contributed by atoms with Crippen molar-refractivity contribution >= 4 is 0 Å². The third-order valence-corrected chi connectivity index (χ3v) is 2.54. The standard InChI is InChI=1S/C12H11F3N2/c1-7-5-8(13)3-4-9(7)11-10(12(14)15)6-17(2)16-11/h3-6,12H,1-2H3. The lowest BCUT2D eigenvalue weighted by atomic mass is 10.0. The summed E-state index contributed by atoms with van der Waals surface area (Å²) in [5.74, 6) is -0.388. The van der Waals surface area contributed by atoms with E-state index in [0.29, 0.717) is 11.1 Å². The SMILES string of the molecule is Cc1cc(F)ccc1-c1nn(C)cc1C(F)F. The van der Waals surface area contributed by atoms with Gasteiger partial charge in [0.15, 0.2) is 0 Å². The first kappa shape index (κ1) is 11.7. The van der Waals surface area contributed by atoms with Crippen molar-refractivity contribution in [3.8, 4) is 11.3 Å². The van der Waals surface area contributed by atoms with Gasteiger partial charge in [-0.15, -0.1) is 0 Å². The van der Waals surface area contributed by atoms with Crippen LogP contribution in [0.1, 0.15) is 17.6 Å². The maximum atomic E-state index is 13.0. The molecular formula is C12H11F3N2. The van der Waals surface area contributed by atoms with Crippen LogP contribution < -0.4 is 0 Å². The molecule has 1 aromatic heterocycles. The van der Waals surface area contributed by atoms with Gasteiger partial charge in [-0.2, -0.15) is 5.10 Å². The second-order valence-electron chi connectivity index (χ2n) is 3.87. The van der Waals surface area contributed by atoms with E-state index in [4.69, 9.17) is 0 Å². The van der Waals surface area contributed by atoms with Crippen LogP contribution in [0.15, 0.2) is 24.4 Å². The van der Waals surface area contributed by atoms with Gasteiger partial charge in [0.25, 0.3) is 6.43 Å². The first-order valence-electron chi connectivity index (χ1n) is 5.07. The molecule has 0 fully saturated rings. The van der Waals surface area contributed by atoms with E-state index < -0.39 is 6.43 Å². The molecule has 0 bridgehead atoms. The Hall–Kier alpha value is -1.78. The van der Waals surface area contributed by atoms with Crippen LogP contribution >= 0.6 is 0 Å². The maximum absolute atomic E-state index is 13.0. The summed E-state index contributed by atoms with van der Waals surface area (Å²) >= 11 is 0. The molecule has 2 aromatic rings. The maximum Gasteiger partial charge on any atom is 0.267 e. The smallest absolute Gasteiger partial charge is 0.267 e. The number of aromatic nitrogens is 2. The molecule has 0 atom stereocenters. The molecule has 5 heteroatoms. The molecule has 2 nitrogen and oxygen atoms in total. The molecular weight excluding hydrogens is 229 g/mol. The highest BCUT2D eigenvalue weighted by Gasteiger charge is 2.19. The Morgan fingerprint density at radius 1 is 1.29 bits per heavy atom. The van der Waals surface area contributed by atoms with Crippen molar-refractivity contribution in [1.82, 2.24) is 9.78 Å². The lowest BCUT2D eigenvalue weighted by Crippen LogP contribution is -1.91. The van der Waals surface area contributed by atoms with Gasteiger partial charge in [-0.1, -0.05) is 0 Å². The number of halogens is 3. The number of rotatable bonds is 2. The van der Waals surface area contributed by atoms with Crippen molar-refractivity contribution in [3.05, 3.63) is 41.3 Å². The zero-order chi connectivity index (χ0) is 12.6. The van der Waals surface area contributed by atoms with E-state index in [2.05, 4.69) is 5.10 Å². The van der Waals surface area contributed by atoms with Crippen molar-refractivity contribution in [2.45, 2.75) is 13.3 Å². The van der Waals surface area contributed by atoms with Crippen LogP contribution in [0.5, 0.6) is 0 Å². The van der Waals surface area contributed by atoms with Crippen LogP contribution in [-0.2, 0) is 7.05 Å². The predicted molar refractivity (Wildman–Crippen MR) is 58.3 cm³/mol. The van der Waals surface area contributed by atoms with E-state index >= 15 is 0 Å². The zero-order valence-corrected chi connectivity index (χ0v) is 9.42. The summed E-state index contributed by atoms with van der Waals surface area (Å²) < 4.78 is 39.9. The van der Waals surface area contributed by atoms with Crippen LogP contribution in [0.2, 0.25) is 0 Å². The highest BCUT2D eigenvalue weighted by molar-refractivity contribution is 5.66. The van der Waals surface area contributed by atoms with Crippen LogP contribution in [-0.4, -0.2) is 9.78 Å². The molecule has 1 aromatic carbocycles. The molecule has 0 spiro atoms. The third kappa shape index (κ3) is 2.18. The topological polar surface area (TPSA) is 17.8 Å². The molecule has 0 saturated carbocycles. The first-order chi connectivity index (χ1) is 7.99. The number of hydrogen-bond donors (Lipinski definition) is 0. The number of alkyl halides is 2. The van der Waals surface area contributed by atoms with E-state index in [1.165, 1.54) is 29.1 Å². The molecule has 0 aliphatic carbocycles. The fourth-order valence-corrected chi connectivity index (χ4v) is 1.77. The Balaban J connectivity index is 2.59. The van der Waals surface area contributed by atoms with Crippen molar-refractivity contribution < 1.29 is 13.2 Å². The molecule has 0 unspecified atom stereocenters. The van der Waals surface area contributed by atoms with E-state index in [1.54, 1.807) is 14.0 Å². The summed E-state index contributed by atoms with van der Waals surface area (Å²) in [4.78, 5) is 0. The Morgan fingerprint density at radius 2 is 2.00 bits per heavy atom. The summed E-state index contributed by atoms with van der Waals surface area (Å²) in [5, 5.41) is 4.01. The molecule has 0 saturated heterocycles. The van der Waals surface area contributed by atoms with Crippen molar-refractivity contribution in [2.24, 2.45) is 7.05 Å². The van der Waals surface area contributed by atoms with Gasteiger partial charge in [-0.05, 0) is 30.7 Å². The summed E-state index contributed by atoms with van der Waals surface area (Å²) in [6, 6.07) is 4.02. The number of hydrogen-bond acceptors (Lipinski definition) is 1. The Bertz CT molecular complexity index is 547. The van der Waals surface area contributed by atoms with Crippen molar-refractivity contribution in [2.75, 3.05) is 0 Å². The van der Waals surface area contributed by atoms with E-state index in [9.17, 15) is 13.2 Å². The Labute approximate surface area is 96.7 Å². The minimum absolute atomic E-state index is 0.137. The van der Waals surface area contributed by atoms with Gasteiger partial charge >= 0.3 is 0 Å². The summed E-state index contributed by atoms with van der Waals surface area (Å²) in [6.07, 6.45) is -1.31. The highest BCUT2D eigenvalue weighted by Crippen LogP contribution is 2.31. The van der Waals surface area contributed by atoms with Gasteiger partial charge < -0.3 is 0 Å². The average Bonchev–Trinajstić information content (AvgIpc) is 2.60. The van der Waals surface area contributed by atoms with Gasteiger partial charge in [0.05, 0.1) is 5.56 Å². The second kappa shape index (κ2) is 4.24. The van der Waals surface area contributed by atoms with Crippen LogP contribution in [0.3, 0.4) is 0 Å². The Kier molecular flexibility index (Phi) is 2.92. The lowest BCUT2D eigenvalue weighted by Gasteiger charge is -2.05. The van der Waals surface area contributed by atoms with E-state index in [1.807, 2.05) is 0 Å². The molecule has 0 aliphatic rings. The summed E-state index contributed by atoms with van der Waals surface area (Å²) in [5.41, 5.74) is 1.19. The van der Waals surface area contributed by atoms with Crippen molar-refractivity contribution in [1.29, 1.82) is 0 Å².